The minimum absolute atomic E-state index is 0.752. The zero-order valence-electron chi connectivity index (χ0n) is 9.34. The highest BCUT2D eigenvalue weighted by molar-refractivity contribution is 4.93. The summed E-state index contributed by atoms with van der Waals surface area (Å²) in [5.41, 5.74) is 1.29. The zero-order valence-corrected chi connectivity index (χ0v) is 9.34. The van der Waals surface area contributed by atoms with E-state index in [1.807, 2.05) is 0 Å². The maximum atomic E-state index is 4.00. The molecule has 1 nitrogen and oxygen atoms in total. The molecule has 76 valence electrons. The first-order valence-corrected chi connectivity index (χ1v) is 5.48. The van der Waals surface area contributed by atoms with E-state index in [0.29, 0.717) is 0 Å². The van der Waals surface area contributed by atoms with Crippen LogP contribution in [0.2, 0.25) is 0 Å². The van der Waals surface area contributed by atoms with Gasteiger partial charge in [0, 0.05) is 19.1 Å². The summed E-state index contributed by atoms with van der Waals surface area (Å²) in [7, 11) is 0. The molecule has 0 saturated carbocycles. The van der Waals surface area contributed by atoms with Crippen LogP contribution in [0.15, 0.2) is 12.2 Å². The Morgan fingerprint density at radius 2 is 2.08 bits per heavy atom. The second-order valence-electron chi connectivity index (χ2n) is 4.77. The Bertz CT molecular complexity index is 174. The van der Waals surface area contributed by atoms with E-state index in [9.17, 15) is 0 Å². The van der Waals surface area contributed by atoms with Crippen LogP contribution in [0, 0.1) is 5.92 Å². The quantitative estimate of drug-likeness (QED) is 0.592. The second-order valence-corrected chi connectivity index (χ2v) is 4.77. The van der Waals surface area contributed by atoms with Gasteiger partial charge in [-0.3, -0.25) is 4.90 Å². The third kappa shape index (κ3) is 3.51. The van der Waals surface area contributed by atoms with E-state index in [2.05, 4.69) is 32.3 Å². The first-order valence-electron chi connectivity index (χ1n) is 5.48. The van der Waals surface area contributed by atoms with Crippen LogP contribution in [0.5, 0.6) is 0 Å². The average molecular weight is 181 g/mol. The van der Waals surface area contributed by atoms with Crippen molar-refractivity contribution in [2.45, 2.75) is 46.1 Å². The topological polar surface area (TPSA) is 3.24 Å². The molecule has 1 rings (SSSR count). The summed E-state index contributed by atoms with van der Waals surface area (Å²) in [4.78, 5) is 2.58. The highest BCUT2D eigenvalue weighted by Gasteiger charge is 2.20. The van der Waals surface area contributed by atoms with Gasteiger partial charge in [-0.2, -0.15) is 0 Å². The van der Waals surface area contributed by atoms with Gasteiger partial charge in [0.05, 0.1) is 0 Å². The lowest BCUT2D eigenvalue weighted by atomic mass is 10.1. The van der Waals surface area contributed by atoms with E-state index in [1.54, 1.807) is 0 Å². The molecule has 13 heavy (non-hydrogen) atoms. The second kappa shape index (κ2) is 4.80. The summed E-state index contributed by atoms with van der Waals surface area (Å²) in [5, 5.41) is 0. The molecule has 1 aliphatic rings. The zero-order chi connectivity index (χ0) is 9.84. The van der Waals surface area contributed by atoms with Crippen molar-refractivity contribution < 1.29 is 0 Å². The van der Waals surface area contributed by atoms with Gasteiger partial charge >= 0.3 is 0 Å². The minimum Gasteiger partial charge on any atom is -0.297 e. The number of rotatable bonds is 2. The Balaban J connectivity index is 2.51. The third-order valence-corrected chi connectivity index (χ3v) is 2.96. The fourth-order valence-electron chi connectivity index (χ4n) is 2.18. The minimum atomic E-state index is 0.752. The van der Waals surface area contributed by atoms with Crippen molar-refractivity contribution in [3.8, 4) is 0 Å². The molecular weight excluding hydrogens is 158 g/mol. The van der Waals surface area contributed by atoms with E-state index in [1.165, 1.54) is 31.4 Å². The van der Waals surface area contributed by atoms with Crippen molar-refractivity contribution in [1.82, 2.24) is 4.90 Å². The number of likely N-dealkylation sites (tertiary alicyclic amines) is 1. The lowest BCUT2D eigenvalue weighted by molar-refractivity contribution is 0.212. The predicted octanol–water partition coefficient (Wildman–Crippen LogP) is 3.07. The highest BCUT2D eigenvalue weighted by atomic mass is 15.2. The largest absolute Gasteiger partial charge is 0.297 e. The molecule has 0 aromatic carbocycles. The van der Waals surface area contributed by atoms with Gasteiger partial charge in [-0.25, -0.2) is 0 Å². The van der Waals surface area contributed by atoms with Crippen molar-refractivity contribution in [2.24, 2.45) is 5.92 Å². The monoisotopic (exact) mass is 181 g/mol. The molecule has 0 N–H and O–H groups in total. The molecule has 1 heteroatoms. The predicted molar refractivity (Wildman–Crippen MR) is 58.9 cm³/mol. The van der Waals surface area contributed by atoms with Crippen LogP contribution in [0.4, 0.5) is 0 Å². The summed E-state index contributed by atoms with van der Waals surface area (Å²) in [6.45, 7) is 13.2. The van der Waals surface area contributed by atoms with Gasteiger partial charge in [0.25, 0.3) is 0 Å². The Labute approximate surface area is 82.8 Å². The molecule has 1 aliphatic heterocycles. The van der Waals surface area contributed by atoms with Gasteiger partial charge in [-0.05, 0) is 32.6 Å². The standard InChI is InChI=1S/C12H23N/c1-10(2)8-13-9-11(3)6-5-7-12(13)4/h11-12H,1,5-9H2,2-4H3. The van der Waals surface area contributed by atoms with Crippen LogP contribution in [-0.4, -0.2) is 24.0 Å². The molecule has 0 aromatic rings. The summed E-state index contributed by atoms with van der Waals surface area (Å²) in [6, 6.07) is 0.752. The lowest BCUT2D eigenvalue weighted by Gasteiger charge is -2.28. The van der Waals surface area contributed by atoms with Crippen LogP contribution in [0.3, 0.4) is 0 Å². The lowest BCUT2D eigenvalue weighted by Crippen LogP contribution is -2.35. The average Bonchev–Trinajstić information content (AvgIpc) is 2.14. The van der Waals surface area contributed by atoms with E-state index in [0.717, 1.165) is 18.5 Å². The van der Waals surface area contributed by atoms with Crippen LogP contribution in [-0.2, 0) is 0 Å². The number of hydrogen-bond donors (Lipinski definition) is 0. The fourth-order valence-corrected chi connectivity index (χ4v) is 2.18. The first-order chi connectivity index (χ1) is 6.09. The molecule has 1 fully saturated rings. The number of hydrogen-bond acceptors (Lipinski definition) is 1. The molecule has 0 radical (unpaired) electrons. The summed E-state index contributed by atoms with van der Waals surface area (Å²) < 4.78 is 0. The Morgan fingerprint density at radius 3 is 2.69 bits per heavy atom. The van der Waals surface area contributed by atoms with Crippen molar-refractivity contribution in [3.05, 3.63) is 12.2 Å². The van der Waals surface area contributed by atoms with Gasteiger partial charge in [0.15, 0.2) is 0 Å². The van der Waals surface area contributed by atoms with Gasteiger partial charge < -0.3 is 0 Å². The van der Waals surface area contributed by atoms with Gasteiger partial charge in [0.1, 0.15) is 0 Å². The molecular formula is C12H23N. The Morgan fingerprint density at radius 1 is 1.38 bits per heavy atom. The molecule has 1 heterocycles. The molecule has 2 atom stereocenters. The maximum Gasteiger partial charge on any atom is 0.0190 e. The molecule has 1 saturated heterocycles. The van der Waals surface area contributed by atoms with E-state index < -0.39 is 0 Å². The smallest absolute Gasteiger partial charge is 0.0190 e. The van der Waals surface area contributed by atoms with Crippen molar-refractivity contribution in [1.29, 1.82) is 0 Å². The Hall–Kier alpha value is -0.300. The van der Waals surface area contributed by atoms with E-state index >= 15 is 0 Å². The fraction of sp³-hybridized carbons (Fsp3) is 0.833. The Kier molecular flexibility index (Phi) is 3.98. The number of nitrogens with zero attached hydrogens (tertiary/aromatic N) is 1. The molecule has 0 bridgehead atoms. The highest BCUT2D eigenvalue weighted by Crippen LogP contribution is 2.20. The molecule has 0 aliphatic carbocycles. The molecule has 2 unspecified atom stereocenters. The van der Waals surface area contributed by atoms with Crippen LogP contribution in [0.25, 0.3) is 0 Å². The first kappa shape index (κ1) is 10.8. The van der Waals surface area contributed by atoms with Crippen LogP contribution < -0.4 is 0 Å². The normalized spacial score (nSPS) is 31.3. The summed E-state index contributed by atoms with van der Waals surface area (Å²) >= 11 is 0. The van der Waals surface area contributed by atoms with E-state index in [4.69, 9.17) is 0 Å². The summed E-state index contributed by atoms with van der Waals surface area (Å²) in [5.74, 6) is 0.865. The van der Waals surface area contributed by atoms with E-state index in [-0.39, 0.29) is 0 Å². The maximum absolute atomic E-state index is 4.00. The van der Waals surface area contributed by atoms with Crippen LogP contribution in [0.1, 0.15) is 40.0 Å². The van der Waals surface area contributed by atoms with Crippen LogP contribution >= 0.6 is 0 Å². The third-order valence-electron chi connectivity index (χ3n) is 2.96. The SMILES string of the molecule is C=C(C)CN1CC(C)CCCC1C. The molecule has 0 aromatic heterocycles. The van der Waals surface area contributed by atoms with Gasteiger partial charge in [-0.15, -0.1) is 0 Å². The van der Waals surface area contributed by atoms with Crippen molar-refractivity contribution in [2.75, 3.05) is 13.1 Å². The van der Waals surface area contributed by atoms with Gasteiger partial charge in [-0.1, -0.05) is 25.5 Å². The van der Waals surface area contributed by atoms with Crippen molar-refractivity contribution in [3.63, 3.8) is 0 Å². The summed E-state index contributed by atoms with van der Waals surface area (Å²) in [6.07, 6.45) is 4.16. The van der Waals surface area contributed by atoms with Crippen molar-refractivity contribution >= 4 is 0 Å². The molecule has 0 amide bonds. The molecule has 0 spiro atoms. The van der Waals surface area contributed by atoms with Gasteiger partial charge in [0.2, 0.25) is 0 Å².